The van der Waals surface area contributed by atoms with Gasteiger partial charge in [-0.2, -0.15) is 0 Å². The molecule has 4 aromatic rings. The third kappa shape index (κ3) is 4.50. The number of hydrogen-bond acceptors (Lipinski definition) is 8. The summed E-state index contributed by atoms with van der Waals surface area (Å²) in [5.41, 5.74) is 23.6. The molecule has 43 heavy (non-hydrogen) atoms. The Morgan fingerprint density at radius 2 is 1.98 bits per heavy atom. The smallest absolute Gasteiger partial charge is 0.404 e. The quantitative estimate of drug-likeness (QED) is 0.312. The summed E-state index contributed by atoms with van der Waals surface area (Å²) in [4.78, 5) is 35.1. The fraction of sp³-hybridized carbons (Fsp3) is 0.355. The summed E-state index contributed by atoms with van der Waals surface area (Å²) in [5.74, 6) is 0.288. The molecular formula is C31H32ClN7O4. The van der Waals surface area contributed by atoms with E-state index >= 15 is 0 Å². The number of ether oxygens (including phenoxy) is 2. The number of benzene rings is 2. The SMILES string of the molecule is NC(=O)O[C@@H]1CCCN(C(=O)c2cc3c4c(c2)C(N)[C@](N)(c2cc5cccc(Cl)c5n2Cc2cncnc2)C4CCO3)C1. The number of amides is 2. The van der Waals surface area contributed by atoms with E-state index < -0.39 is 23.8 Å². The van der Waals surface area contributed by atoms with Crippen LogP contribution in [0.4, 0.5) is 4.79 Å². The number of piperidine rings is 1. The van der Waals surface area contributed by atoms with Crippen LogP contribution in [0.2, 0.25) is 5.02 Å². The lowest BCUT2D eigenvalue weighted by Crippen LogP contribution is -2.49. The van der Waals surface area contributed by atoms with Crippen LogP contribution in [0.5, 0.6) is 5.75 Å². The van der Waals surface area contributed by atoms with Gasteiger partial charge in [-0.05, 0) is 49.1 Å². The third-order valence-electron chi connectivity index (χ3n) is 9.08. The van der Waals surface area contributed by atoms with Gasteiger partial charge < -0.3 is 36.1 Å². The molecular weight excluding hydrogens is 570 g/mol. The number of halogens is 1. The molecule has 3 aliphatic rings. The zero-order valence-electron chi connectivity index (χ0n) is 23.4. The Bertz CT molecular complexity index is 1750. The summed E-state index contributed by atoms with van der Waals surface area (Å²) in [7, 11) is 0. The number of rotatable bonds is 5. The van der Waals surface area contributed by atoms with Gasteiger partial charge in [0, 0.05) is 52.6 Å². The minimum absolute atomic E-state index is 0.150. The lowest BCUT2D eigenvalue weighted by Gasteiger charge is -2.38. The topological polar surface area (TPSA) is 165 Å². The van der Waals surface area contributed by atoms with E-state index in [1.165, 1.54) is 6.33 Å². The predicted molar refractivity (Wildman–Crippen MR) is 160 cm³/mol. The van der Waals surface area contributed by atoms with E-state index in [0.717, 1.165) is 33.3 Å². The molecule has 0 radical (unpaired) electrons. The Morgan fingerprint density at radius 3 is 2.77 bits per heavy atom. The van der Waals surface area contributed by atoms with Crippen molar-refractivity contribution in [1.29, 1.82) is 0 Å². The number of para-hydroxylation sites is 1. The minimum Gasteiger partial charge on any atom is -0.493 e. The van der Waals surface area contributed by atoms with Crippen LogP contribution in [0.15, 0.2) is 55.1 Å². The van der Waals surface area contributed by atoms with Crippen molar-refractivity contribution < 1.29 is 19.1 Å². The first kappa shape index (κ1) is 27.6. The van der Waals surface area contributed by atoms with E-state index in [2.05, 4.69) is 20.6 Å². The fourth-order valence-electron chi connectivity index (χ4n) is 7.20. The molecule has 0 spiro atoms. The molecule has 222 valence electrons. The molecule has 1 fully saturated rings. The molecule has 2 aromatic carbocycles. The lowest BCUT2D eigenvalue weighted by molar-refractivity contribution is 0.0373. The molecule has 11 nitrogen and oxygen atoms in total. The number of nitrogens with zero attached hydrogens (tertiary/aromatic N) is 4. The van der Waals surface area contributed by atoms with Crippen LogP contribution in [0.1, 0.15) is 64.0 Å². The van der Waals surface area contributed by atoms with Crippen molar-refractivity contribution in [2.75, 3.05) is 19.7 Å². The third-order valence-corrected chi connectivity index (χ3v) is 9.38. The molecule has 2 amide bonds. The van der Waals surface area contributed by atoms with Crippen molar-refractivity contribution in [2.45, 2.75) is 49.4 Å². The van der Waals surface area contributed by atoms with Crippen LogP contribution in [0, 0.1) is 0 Å². The Morgan fingerprint density at radius 1 is 1.16 bits per heavy atom. The molecule has 6 N–H and O–H groups in total. The van der Waals surface area contributed by atoms with Gasteiger partial charge in [0.15, 0.2) is 0 Å². The van der Waals surface area contributed by atoms with Gasteiger partial charge in [0.1, 0.15) is 18.2 Å². The highest BCUT2D eigenvalue weighted by molar-refractivity contribution is 6.35. The monoisotopic (exact) mass is 601 g/mol. The van der Waals surface area contributed by atoms with Crippen molar-refractivity contribution in [3.63, 3.8) is 0 Å². The van der Waals surface area contributed by atoms with Gasteiger partial charge in [0.2, 0.25) is 0 Å². The summed E-state index contributed by atoms with van der Waals surface area (Å²) in [6.45, 7) is 1.71. The Hall–Kier alpha value is -4.19. The van der Waals surface area contributed by atoms with Gasteiger partial charge >= 0.3 is 6.09 Å². The van der Waals surface area contributed by atoms with Crippen LogP contribution >= 0.6 is 11.6 Å². The maximum atomic E-state index is 13.7. The highest BCUT2D eigenvalue weighted by atomic mass is 35.5. The molecule has 0 bridgehead atoms. The van der Waals surface area contributed by atoms with Crippen molar-refractivity contribution >= 4 is 34.5 Å². The number of carbonyl (C=O) groups excluding carboxylic acids is 2. The number of primary amides is 1. The maximum absolute atomic E-state index is 13.7. The summed E-state index contributed by atoms with van der Waals surface area (Å²) in [6.07, 6.45) is 5.78. The zero-order valence-corrected chi connectivity index (χ0v) is 24.2. The number of likely N-dealkylation sites (tertiary alicyclic amines) is 1. The average Bonchev–Trinajstić information content (AvgIpc) is 3.48. The molecule has 7 rings (SSSR count). The second-order valence-electron chi connectivity index (χ2n) is 11.6. The molecule has 2 unspecified atom stereocenters. The Kier molecular flexibility index (Phi) is 6.76. The van der Waals surface area contributed by atoms with Crippen molar-refractivity contribution in [3.8, 4) is 5.75 Å². The van der Waals surface area contributed by atoms with Gasteiger partial charge in [0.05, 0.1) is 41.8 Å². The van der Waals surface area contributed by atoms with Crippen molar-refractivity contribution in [1.82, 2.24) is 19.4 Å². The molecule has 2 aliphatic heterocycles. The molecule has 12 heteroatoms. The highest BCUT2D eigenvalue weighted by Gasteiger charge is 2.54. The summed E-state index contributed by atoms with van der Waals surface area (Å²) in [5, 5.41) is 1.56. The summed E-state index contributed by atoms with van der Waals surface area (Å²) < 4.78 is 13.5. The largest absolute Gasteiger partial charge is 0.493 e. The second-order valence-corrected chi connectivity index (χ2v) is 12.0. The zero-order chi connectivity index (χ0) is 29.9. The lowest BCUT2D eigenvalue weighted by atomic mass is 9.77. The number of fused-ring (bicyclic) bond motifs is 1. The Labute approximate surface area is 252 Å². The maximum Gasteiger partial charge on any atom is 0.404 e. The predicted octanol–water partition coefficient (Wildman–Crippen LogP) is 3.57. The van der Waals surface area contributed by atoms with Gasteiger partial charge in [-0.3, -0.25) is 4.79 Å². The Balaban J connectivity index is 1.31. The second kappa shape index (κ2) is 10.5. The van der Waals surface area contributed by atoms with Gasteiger partial charge in [-0.25, -0.2) is 14.8 Å². The highest BCUT2D eigenvalue weighted by Crippen LogP contribution is 2.58. The number of carbonyl (C=O) groups is 2. The molecule has 2 aromatic heterocycles. The van der Waals surface area contributed by atoms with E-state index in [1.54, 1.807) is 23.4 Å². The fourth-order valence-corrected chi connectivity index (χ4v) is 7.49. The van der Waals surface area contributed by atoms with Crippen molar-refractivity contribution in [3.05, 3.63) is 88.1 Å². The normalized spacial score (nSPS) is 24.4. The van der Waals surface area contributed by atoms with Crippen LogP contribution in [-0.2, 0) is 16.8 Å². The molecule has 4 atom stereocenters. The van der Waals surface area contributed by atoms with E-state index in [0.29, 0.717) is 55.3 Å². The summed E-state index contributed by atoms with van der Waals surface area (Å²) >= 11 is 6.77. The first-order valence-electron chi connectivity index (χ1n) is 14.4. The van der Waals surface area contributed by atoms with E-state index in [1.807, 2.05) is 24.3 Å². The van der Waals surface area contributed by atoms with E-state index in [4.69, 9.17) is 38.3 Å². The van der Waals surface area contributed by atoms with Crippen molar-refractivity contribution in [2.24, 2.45) is 17.2 Å². The molecule has 1 saturated heterocycles. The average molecular weight is 602 g/mol. The molecule has 4 heterocycles. The number of aromatic nitrogens is 3. The first-order chi connectivity index (χ1) is 20.8. The van der Waals surface area contributed by atoms with Crippen LogP contribution < -0.4 is 21.9 Å². The van der Waals surface area contributed by atoms with Crippen LogP contribution in [0.25, 0.3) is 10.9 Å². The van der Waals surface area contributed by atoms with E-state index in [-0.39, 0.29) is 18.4 Å². The van der Waals surface area contributed by atoms with Crippen LogP contribution in [-0.4, -0.2) is 57.2 Å². The first-order valence-corrected chi connectivity index (χ1v) is 14.8. The number of hydrogen-bond donors (Lipinski definition) is 3. The van der Waals surface area contributed by atoms with E-state index in [9.17, 15) is 9.59 Å². The van der Waals surface area contributed by atoms with Gasteiger partial charge in [0.25, 0.3) is 5.91 Å². The van der Waals surface area contributed by atoms with Gasteiger partial charge in [-0.15, -0.1) is 0 Å². The minimum atomic E-state index is -1.02. The summed E-state index contributed by atoms with van der Waals surface area (Å²) in [6, 6.07) is 10.9. The van der Waals surface area contributed by atoms with Crippen LogP contribution in [0.3, 0.4) is 0 Å². The molecule has 1 aliphatic carbocycles. The molecule has 0 saturated carbocycles. The number of nitrogens with two attached hydrogens (primary N) is 3. The standard InChI is InChI=1S/C31H32ClN7O4/c32-23-5-1-3-18-11-25(39(27(18)23)14-17-12-36-16-37-13-17)31(35)22-6-8-42-24-10-19(9-21(26(22)24)28(31)33)29(40)38-7-2-4-20(15-38)43-30(34)41/h1,3,5,9-13,16,20,22,28H,2,4,6-8,14-15,33,35H2,(H2,34,41)/t20-,22?,28?,31-/m1/s1. The van der Waals surface area contributed by atoms with Gasteiger partial charge in [-0.1, -0.05) is 23.7 Å².